The van der Waals surface area contributed by atoms with Gasteiger partial charge in [-0.3, -0.25) is 0 Å². The molecule has 2 rings (SSSR count). The van der Waals surface area contributed by atoms with Crippen LogP contribution in [0.4, 0.5) is 5.69 Å². The Hall–Kier alpha value is -0.730. The third-order valence-corrected chi connectivity index (χ3v) is 5.38. The largest absolute Gasteiger partial charge is 0.365 e. The van der Waals surface area contributed by atoms with Gasteiger partial charge in [-0.05, 0) is 36.5 Å². The highest BCUT2D eigenvalue weighted by Gasteiger charge is 2.32. The topological polar surface area (TPSA) is 15.3 Å². The van der Waals surface area contributed by atoms with Crippen molar-refractivity contribution in [2.75, 3.05) is 18.0 Å². The van der Waals surface area contributed by atoms with Crippen molar-refractivity contribution in [3.8, 4) is 0 Å². The molecule has 1 heterocycles. The van der Waals surface area contributed by atoms with Gasteiger partial charge in [-0.15, -0.1) is 0 Å². The van der Waals surface area contributed by atoms with E-state index in [9.17, 15) is 0 Å². The minimum atomic E-state index is 0.532. The van der Waals surface area contributed by atoms with Crippen molar-refractivity contribution in [2.45, 2.75) is 53.1 Å². The standard InChI is InChI=1S/C18H29ClN2/c1-6-13(4)17-11-21(18(10-20-17)12(2)3)15-8-7-14(5)16(19)9-15/h7-9,12-13,17-18,20H,6,10-11H2,1-5H3. The van der Waals surface area contributed by atoms with E-state index in [1.807, 2.05) is 0 Å². The number of piperazine rings is 1. The van der Waals surface area contributed by atoms with Gasteiger partial charge in [0.25, 0.3) is 0 Å². The van der Waals surface area contributed by atoms with Crippen LogP contribution in [0.2, 0.25) is 5.02 Å². The lowest BCUT2D eigenvalue weighted by Gasteiger charge is -2.45. The Kier molecular flexibility index (Phi) is 5.56. The maximum atomic E-state index is 6.34. The summed E-state index contributed by atoms with van der Waals surface area (Å²) >= 11 is 6.34. The lowest BCUT2D eigenvalue weighted by molar-refractivity contribution is 0.281. The van der Waals surface area contributed by atoms with E-state index in [0.717, 1.165) is 23.7 Å². The van der Waals surface area contributed by atoms with E-state index in [4.69, 9.17) is 11.6 Å². The molecular weight excluding hydrogens is 280 g/mol. The lowest BCUT2D eigenvalue weighted by Crippen LogP contribution is -2.60. The van der Waals surface area contributed by atoms with E-state index in [2.05, 4.69) is 63.0 Å². The highest BCUT2D eigenvalue weighted by molar-refractivity contribution is 6.31. The molecule has 3 unspecified atom stereocenters. The van der Waals surface area contributed by atoms with Gasteiger partial charge in [0.2, 0.25) is 0 Å². The summed E-state index contributed by atoms with van der Waals surface area (Å²) in [7, 11) is 0. The smallest absolute Gasteiger partial charge is 0.0455 e. The Balaban J connectivity index is 2.26. The molecule has 0 amide bonds. The average molecular weight is 309 g/mol. The van der Waals surface area contributed by atoms with Crippen molar-refractivity contribution >= 4 is 17.3 Å². The lowest BCUT2D eigenvalue weighted by atomic mass is 9.91. The maximum absolute atomic E-state index is 6.34. The number of aryl methyl sites for hydroxylation is 1. The quantitative estimate of drug-likeness (QED) is 0.881. The maximum Gasteiger partial charge on any atom is 0.0455 e. The van der Waals surface area contributed by atoms with Gasteiger partial charge in [-0.25, -0.2) is 0 Å². The van der Waals surface area contributed by atoms with Crippen LogP contribution in [0, 0.1) is 18.8 Å². The minimum Gasteiger partial charge on any atom is -0.365 e. The SMILES string of the molecule is CCC(C)C1CN(c2ccc(C)c(Cl)c2)C(C(C)C)CN1. The predicted molar refractivity (Wildman–Crippen MR) is 93.4 cm³/mol. The zero-order valence-corrected chi connectivity index (χ0v) is 14.7. The second-order valence-electron chi connectivity index (χ2n) is 6.80. The zero-order valence-electron chi connectivity index (χ0n) is 14.0. The van der Waals surface area contributed by atoms with Crippen LogP contribution in [0.25, 0.3) is 0 Å². The molecule has 0 aliphatic carbocycles. The third kappa shape index (κ3) is 3.73. The van der Waals surface area contributed by atoms with E-state index < -0.39 is 0 Å². The first kappa shape index (κ1) is 16.6. The third-order valence-electron chi connectivity index (χ3n) is 4.97. The molecular formula is C18H29ClN2. The molecule has 1 N–H and O–H groups in total. The average Bonchev–Trinajstić information content (AvgIpc) is 2.48. The second-order valence-corrected chi connectivity index (χ2v) is 7.20. The summed E-state index contributed by atoms with van der Waals surface area (Å²) < 4.78 is 0. The first-order valence-corrected chi connectivity index (χ1v) is 8.58. The zero-order chi connectivity index (χ0) is 15.6. The van der Waals surface area contributed by atoms with Crippen molar-refractivity contribution in [2.24, 2.45) is 11.8 Å². The Morgan fingerprint density at radius 2 is 2.05 bits per heavy atom. The van der Waals surface area contributed by atoms with Gasteiger partial charge >= 0.3 is 0 Å². The van der Waals surface area contributed by atoms with Gasteiger partial charge in [0.05, 0.1) is 0 Å². The van der Waals surface area contributed by atoms with Crippen LogP contribution in [0.1, 0.15) is 39.7 Å². The summed E-state index contributed by atoms with van der Waals surface area (Å²) in [5.41, 5.74) is 2.41. The van der Waals surface area contributed by atoms with Crippen LogP contribution in [-0.2, 0) is 0 Å². The fourth-order valence-electron chi connectivity index (χ4n) is 3.11. The van der Waals surface area contributed by atoms with Gasteiger partial charge < -0.3 is 10.2 Å². The second kappa shape index (κ2) is 7.02. The molecule has 1 aromatic rings. The fraction of sp³-hybridized carbons (Fsp3) is 0.667. The van der Waals surface area contributed by atoms with Crippen molar-refractivity contribution in [3.63, 3.8) is 0 Å². The van der Waals surface area contributed by atoms with Gasteiger partial charge in [-0.2, -0.15) is 0 Å². The Morgan fingerprint density at radius 3 is 2.62 bits per heavy atom. The molecule has 1 aliphatic heterocycles. The molecule has 0 saturated carbocycles. The molecule has 0 spiro atoms. The molecule has 3 heteroatoms. The highest BCUT2D eigenvalue weighted by atomic mass is 35.5. The number of nitrogens with one attached hydrogen (secondary N) is 1. The molecule has 1 aromatic carbocycles. The molecule has 0 aromatic heterocycles. The normalized spacial score (nSPS) is 24.4. The van der Waals surface area contributed by atoms with Crippen molar-refractivity contribution in [3.05, 3.63) is 28.8 Å². The summed E-state index contributed by atoms with van der Waals surface area (Å²) in [6.45, 7) is 13.4. The number of benzene rings is 1. The number of halogens is 1. The number of hydrogen-bond donors (Lipinski definition) is 1. The molecule has 0 radical (unpaired) electrons. The molecule has 21 heavy (non-hydrogen) atoms. The highest BCUT2D eigenvalue weighted by Crippen LogP contribution is 2.29. The number of rotatable bonds is 4. The first-order valence-electron chi connectivity index (χ1n) is 8.20. The predicted octanol–water partition coefficient (Wildman–Crippen LogP) is 4.50. The summed E-state index contributed by atoms with van der Waals surface area (Å²) in [5, 5.41) is 4.62. The van der Waals surface area contributed by atoms with E-state index >= 15 is 0 Å². The van der Waals surface area contributed by atoms with E-state index in [1.165, 1.54) is 12.1 Å². The van der Waals surface area contributed by atoms with Gasteiger partial charge in [-0.1, -0.05) is 51.8 Å². The van der Waals surface area contributed by atoms with Gasteiger partial charge in [0, 0.05) is 35.9 Å². The van der Waals surface area contributed by atoms with Gasteiger partial charge in [0.1, 0.15) is 0 Å². The Bertz CT molecular complexity index is 472. The van der Waals surface area contributed by atoms with Crippen molar-refractivity contribution in [1.29, 1.82) is 0 Å². The van der Waals surface area contributed by atoms with Crippen LogP contribution in [0.5, 0.6) is 0 Å². The summed E-state index contributed by atoms with van der Waals surface area (Å²) in [4.78, 5) is 2.56. The number of nitrogens with zero attached hydrogens (tertiary/aromatic N) is 1. The van der Waals surface area contributed by atoms with Crippen LogP contribution < -0.4 is 10.2 Å². The monoisotopic (exact) mass is 308 g/mol. The number of hydrogen-bond acceptors (Lipinski definition) is 2. The van der Waals surface area contributed by atoms with Crippen LogP contribution in [0.15, 0.2) is 18.2 Å². The Labute approximate surface area is 134 Å². The molecule has 1 fully saturated rings. The molecule has 1 saturated heterocycles. The van der Waals surface area contributed by atoms with Crippen LogP contribution in [0.3, 0.4) is 0 Å². The van der Waals surface area contributed by atoms with Crippen LogP contribution >= 0.6 is 11.6 Å². The Morgan fingerprint density at radius 1 is 1.33 bits per heavy atom. The fourth-order valence-corrected chi connectivity index (χ4v) is 3.29. The number of anilines is 1. The van der Waals surface area contributed by atoms with E-state index in [1.54, 1.807) is 0 Å². The minimum absolute atomic E-state index is 0.532. The summed E-state index contributed by atoms with van der Waals surface area (Å²) in [6, 6.07) is 7.57. The first-order chi connectivity index (χ1) is 9.93. The van der Waals surface area contributed by atoms with Crippen molar-refractivity contribution < 1.29 is 0 Å². The summed E-state index contributed by atoms with van der Waals surface area (Å²) in [6.07, 6.45) is 1.21. The summed E-state index contributed by atoms with van der Waals surface area (Å²) in [5.74, 6) is 1.32. The molecule has 3 atom stereocenters. The van der Waals surface area contributed by atoms with Crippen LogP contribution in [-0.4, -0.2) is 25.2 Å². The van der Waals surface area contributed by atoms with Gasteiger partial charge in [0.15, 0.2) is 0 Å². The molecule has 1 aliphatic rings. The molecule has 2 nitrogen and oxygen atoms in total. The van der Waals surface area contributed by atoms with E-state index in [-0.39, 0.29) is 0 Å². The van der Waals surface area contributed by atoms with E-state index in [0.29, 0.717) is 23.9 Å². The molecule has 0 bridgehead atoms. The molecule has 118 valence electrons. The van der Waals surface area contributed by atoms with Crippen molar-refractivity contribution in [1.82, 2.24) is 5.32 Å².